The maximum atomic E-state index is 10.5. The summed E-state index contributed by atoms with van der Waals surface area (Å²) >= 11 is 0. The minimum absolute atomic E-state index is 0.196. The number of unbranched alkanes of at least 4 members (excludes halogenated alkanes) is 1. The van der Waals surface area contributed by atoms with Gasteiger partial charge in [0.1, 0.15) is 0 Å². The third kappa shape index (κ3) is 5.04. The molecule has 0 aromatic rings. The van der Waals surface area contributed by atoms with Gasteiger partial charge in [0.05, 0.1) is 11.9 Å². The summed E-state index contributed by atoms with van der Waals surface area (Å²) in [7, 11) is 0. The second-order valence-electron chi connectivity index (χ2n) is 4.64. The molecule has 5 nitrogen and oxygen atoms in total. The van der Waals surface area contributed by atoms with Crippen molar-refractivity contribution in [3.05, 3.63) is 21.9 Å². The lowest BCUT2D eigenvalue weighted by Crippen LogP contribution is -2.17. The van der Waals surface area contributed by atoms with Crippen LogP contribution in [0, 0.1) is 16.0 Å². The molecule has 1 fully saturated rings. The Hall–Kier alpha value is -1.10. The summed E-state index contributed by atoms with van der Waals surface area (Å²) in [6, 6.07) is 0. The number of nitrogens with zero attached hydrogens (tertiary/aromatic N) is 1. The minimum Gasteiger partial charge on any atom is -0.378 e. The highest BCUT2D eigenvalue weighted by Crippen LogP contribution is 2.31. The van der Waals surface area contributed by atoms with Gasteiger partial charge in [-0.1, -0.05) is 25.8 Å². The number of ether oxygens (including phenoxy) is 1. The Morgan fingerprint density at radius 1 is 1.44 bits per heavy atom. The maximum absolute atomic E-state index is 10.5. The highest BCUT2D eigenvalue weighted by molar-refractivity contribution is 5.01. The van der Waals surface area contributed by atoms with Gasteiger partial charge in [-0.2, -0.15) is 0 Å². The summed E-state index contributed by atoms with van der Waals surface area (Å²) in [6.07, 6.45) is 7.82. The van der Waals surface area contributed by atoms with Gasteiger partial charge >= 0.3 is 0 Å². The molecule has 0 unspecified atom stereocenters. The molecule has 1 aliphatic carbocycles. The van der Waals surface area contributed by atoms with E-state index in [0.717, 1.165) is 32.1 Å². The van der Waals surface area contributed by atoms with E-state index in [2.05, 4.69) is 11.8 Å². The molecular weight excluding hydrogens is 234 g/mol. The molecule has 0 aromatic heterocycles. The molecule has 18 heavy (non-hydrogen) atoms. The van der Waals surface area contributed by atoms with Crippen molar-refractivity contribution in [1.82, 2.24) is 0 Å². The van der Waals surface area contributed by atoms with Crippen LogP contribution in [-0.4, -0.2) is 17.8 Å². The Kier molecular flexibility index (Phi) is 6.72. The summed E-state index contributed by atoms with van der Waals surface area (Å²) < 4.78 is 5.66. The van der Waals surface area contributed by atoms with Gasteiger partial charge in [-0.05, 0) is 32.6 Å². The van der Waals surface area contributed by atoms with E-state index in [4.69, 9.17) is 4.74 Å². The van der Waals surface area contributed by atoms with Crippen LogP contribution >= 0.6 is 0 Å². The van der Waals surface area contributed by atoms with Gasteiger partial charge in [0, 0.05) is 12.5 Å². The van der Waals surface area contributed by atoms with E-state index in [0.29, 0.717) is 18.8 Å². The smallest absolute Gasteiger partial charge is 0.299 e. The predicted molar refractivity (Wildman–Crippen MR) is 68.4 cm³/mol. The van der Waals surface area contributed by atoms with Gasteiger partial charge in [-0.15, -0.1) is 10.1 Å². The van der Waals surface area contributed by atoms with Crippen LogP contribution in [0.1, 0.15) is 52.4 Å². The van der Waals surface area contributed by atoms with E-state index >= 15 is 0 Å². The van der Waals surface area contributed by atoms with Crippen LogP contribution in [0.25, 0.3) is 0 Å². The predicted octanol–water partition coefficient (Wildman–Crippen LogP) is 3.47. The second kappa shape index (κ2) is 8.08. The number of hydrogen-bond donors (Lipinski definition) is 0. The van der Waals surface area contributed by atoms with E-state index in [-0.39, 0.29) is 12.0 Å². The van der Waals surface area contributed by atoms with E-state index in [1.807, 2.05) is 13.0 Å². The topological polar surface area (TPSA) is 61.6 Å². The third-order valence-electron chi connectivity index (χ3n) is 3.25. The minimum atomic E-state index is -0.716. The van der Waals surface area contributed by atoms with Gasteiger partial charge in [-0.3, -0.25) is 4.84 Å². The molecule has 1 saturated carbocycles. The molecule has 104 valence electrons. The highest BCUT2D eigenvalue weighted by Gasteiger charge is 2.26. The Labute approximate surface area is 108 Å². The molecule has 0 N–H and O–H groups in total. The van der Waals surface area contributed by atoms with Crippen LogP contribution < -0.4 is 0 Å². The molecule has 0 aromatic carbocycles. The summed E-state index contributed by atoms with van der Waals surface area (Å²) in [5, 5.41) is 9.75. The van der Waals surface area contributed by atoms with Crippen molar-refractivity contribution in [2.75, 3.05) is 6.61 Å². The molecule has 2 atom stereocenters. The van der Waals surface area contributed by atoms with Crippen molar-refractivity contribution in [3.8, 4) is 0 Å². The van der Waals surface area contributed by atoms with E-state index in [1.54, 1.807) is 0 Å². The zero-order chi connectivity index (χ0) is 13.4. The lowest BCUT2D eigenvalue weighted by molar-refractivity contribution is -0.743. The monoisotopic (exact) mass is 257 g/mol. The Morgan fingerprint density at radius 3 is 2.83 bits per heavy atom. The molecule has 1 aliphatic rings. The molecule has 5 heteroatoms. The van der Waals surface area contributed by atoms with Crippen molar-refractivity contribution in [2.24, 2.45) is 5.92 Å². The maximum Gasteiger partial charge on any atom is 0.299 e. The largest absolute Gasteiger partial charge is 0.378 e. The zero-order valence-corrected chi connectivity index (χ0v) is 11.3. The van der Waals surface area contributed by atoms with Crippen LogP contribution in [0.5, 0.6) is 0 Å². The molecule has 1 rings (SSSR count). The number of hydrogen-bond acceptors (Lipinski definition) is 4. The lowest BCUT2D eigenvalue weighted by atomic mass is 10.0. The molecule has 0 amide bonds. The van der Waals surface area contributed by atoms with Crippen molar-refractivity contribution in [2.45, 2.75) is 58.5 Å². The standard InChI is InChI=1S/C13H23NO4/c1-3-5-8-12(18-14(15)16)10-11-7-6-9-13(11)17-4-2/h10-11,13H,3-9H2,1-2H3/b12-10-/t11-,13-/m0/s1. The first-order chi connectivity index (χ1) is 8.67. The van der Waals surface area contributed by atoms with Gasteiger partial charge in [0.2, 0.25) is 0 Å². The molecule has 0 radical (unpaired) electrons. The normalized spacial score (nSPS) is 24.2. The first-order valence-corrected chi connectivity index (χ1v) is 6.82. The van der Waals surface area contributed by atoms with Gasteiger partial charge in [0.15, 0.2) is 0 Å². The quantitative estimate of drug-likeness (QED) is 0.379. The molecule has 0 heterocycles. The fourth-order valence-corrected chi connectivity index (χ4v) is 2.41. The lowest BCUT2D eigenvalue weighted by Gasteiger charge is -2.17. The van der Waals surface area contributed by atoms with Gasteiger partial charge in [0.25, 0.3) is 5.09 Å². The molecule has 0 saturated heterocycles. The van der Waals surface area contributed by atoms with Crippen LogP contribution in [0.2, 0.25) is 0 Å². The van der Waals surface area contributed by atoms with Crippen molar-refractivity contribution < 1.29 is 14.7 Å². The number of allylic oxidation sites excluding steroid dienone is 1. The second-order valence-corrected chi connectivity index (χ2v) is 4.64. The first-order valence-electron chi connectivity index (χ1n) is 6.82. The Bertz CT molecular complexity index is 291. The van der Waals surface area contributed by atoms with Crippen molar-refractivity contribution in [3.63, 3.8) is 0 Å². The van der Waals surface area contributed by atoms with Crippen molar-refractivity contribution in [1.29, 1.82) is 0 Å². The van der Waals surface area contributed by atoms with Crippen LogP contribution in [-0.2, 0) is 9.57 Å². The fraction of sp³-hybridized carbons (Fsp3) is 0.846. The van der Waals surface area contributed by atoms with Crippen LogP contribution in [0.4, 0.5) is 0 Å². The molecule has 0 bridgehead atoms. The average molecular weight is 257 g/mol. The van der Waals surface area contributed by atoms with E-state index in [1.165, 1.54) is 0 Å². The summed E-state index contributed by atoms with van der Waals surface area (Å²) in [5.41, 5.74) is 0. The molecule has 0 aliphatic heterocycles. The summed E-state index contributed by atoms with van der Waals surface area (Å²) in [5.74, 6) is 0.746. The fourth-order valence-electron chi connectivity index (χ4n) is 2.41. The first kappa shape index (κ1) is 15.0. The molecule has 0 spiro atoms. The number of rotatable bonds is 8. The summed E-state index contributed by atoms with van der Waals surface area (Å²) in [4.78, 5) is 15.1. The zero-order valence-electron chi connectivity index (χ0n) is 11.3. The highest BCUT2D eigenvalue weighted by atomic mass is 17.0. The Balaban J connectivity index is 2.63. The van der Waals surface area contributed by atoms with E-state index in [9.17, 15) is 10.1 Å². The molecular formula is C13H23NO4. The summed E-state index contributed by atoms with van der Waals surface area (Å²) in [6.45, 7) is 4.72. The van der Waals surface area contributed by atoms with E-state index < -0.39 is 5.09 Å². The van der Waals surface area contributed by atoms with Crippen LogP contribution in [0.15, 0.2) is 11.8 Å². The van der Waals surface area contributed by atoms with Crippen LogP contribution in [0.3, 0.4) is 0 Å². The van der Waals surface area contributed by atoms with Gasteiger partial charge in [-0.25, -0.2) is 0 Å². The SMILES string of the molecule is CCCC/C(=C/[C@@H]1CCC[C@@H]1OCC)O[N+](=O)[O-]. The Morgan fingerprint density at radius 2 is 2.22 bits per heavy atom. The van der Waals surface area contributed by atoms with Gasteiger partial charge < -0.3 is 4.74 Å². The van der Waals surface area contributed by atoms with Crippen molar-refractivity contribution >= 4 is 0 Å². The third-order valence-corrected chi connectivity index (χ3v) is 3.25. The average Bonchev–Trinajstić information content (AvgIpc) is 2.73.